The fourth-order valence-electron chi connectivity index (χ4n) is 2.23. The second-order valence-electron chi connectivity index (χ2n) is 5.67. The van der Waals surface area contributed by atoms with Gasteiger partial charge in [0.2, 0.25) is 5.91 Å². The van der Waals surface area contributed by atoms with Gasteiger partial charge in [-0.3, -0.25) is 9.59 Å². The van der Waals surface area contributed by atoms with Crippen molar-refractivity contribution in [3.05, 3.63) is 41.5 Å². The largest absolute Gasteiger partial charge is 0.465 e. The number of nitrogens with zero attached hydrogens (tertiary/aromatic N) is 1. The normalized spacial score (nSPS) is 11.2. The predicted molar refractivity (Wildman–Crippen MR) is 101 cm³/mol. The molecule has 1 aromatic carbocycles. The highest BCUT2D eigenvalue weighted by Gasteiger charge is 2.09. The lowest BCUT2D eigenvalue weighted by atomic mass is 10.2. The number of amides is 2. The molecule has 0 saturated heterocycles. The van der Waals surface area contributed by atoms with E-state index in [1.165, 1.54) is 13.2 Å². The van der Waals surface area contributed by atoms with Gasteiger partial charge in [0.15, 0.2) is 0 Å². The summed E-state index contributed by atoms with van der Waals surface area (Å²) < 4.78 is 4.62. The van der Waals surface area contributed by atoms with Crippen LogP contribution in [0.25, 0.3) is 0 Å². The molecular formula is C19H27N3O4. The lowest BCUT2D eigenvalue weighted by Crippen LogP contribution is -2.34. The molecule has 2 amide bonds. The molecule has 26 heavy (non-hydrogen) atoms. The zero-order chi connectivity index (χ0) is 19.5. The summed E-state index contributed by atoms with van der Waals surface area (Å²) in [5, 5.41) is 5.45. The summed E-state index contributed by atoms with van der Waals surface area (Å²) >= 11 is 0. The van der Waals surface area contributed by atoms with Gasteiger partial charge in [0.05, 0.1) is 12.7 Å². The van der Waals surface area contributed by atoms with Crippen LogP contribution in [0.3, 0.4) is 0 Å². The van der Waals surface area contributed by atoms with Crippen LogP contribution in [0.15, 0.2) is 35.9 Å². The second kappa shape index (κ2) is 11.0. The van der Waals surface area contributed by atoms with Gasteiger partial charge in [0.25, 0.3) is 5.91 Å². The maximum Gasteiger partial charge on any atom is 0.337 e. The summed E-state index contributed by atoms with van der Waals surface area (Å²) in [6.07, 6.45) is 1.28. The number of rotatable bonds is 9. The quantitative estimate of drug-likeness (QED) is 0.517. The van der Waals surface area contributed by atoms with E-state index in [-0.39, 0.29) is 11.8 Å². The Morgan fingerprint density at radius 1 is 1.12 bits per heavy atom. The van der Waals surface area contributed by atoms with E-state index in [2.05, 4.69) is 34.1 Å². The zero-order valence-electron chi connectivity index (χ0n) is 15.8. The van der Waals surface area contributed by atoms with Crippen LogP contribution in [0, 0.1) is 0 Å². The van der Waals surface area contributed by atoms with Gasteiger partial charge in [-0.15, -0.1) is 0 Å². The monoisotopic (exact) mass is 361 g/mol. The highest BCUT2D eigenvalue weighted by atomic mass is 16.5. The number of carbonyl (C=O) groups excluding carboxylic acids is 3. The second-order valence-corrected chi connectivity index (χ2v) is 5.67. The minimum absolute atomic E-state index is 0.294. The van der Waals surface area contributed by atoms with Crippen molar-refractivity contribution in [2.45, 2.75) is 20.8 Å². The first kappa shape index (κ1) is 21.4. The fraction of sp³-hybridized carbons (Fsp3) is 0.421. The molecule has 2 N–H and O–H groups in total. The predicted octanol–water partition coefficient (Wildman–Crippen LogP) is 1.82. The molecule has 0 heterocycles. The number of ether oxygens (including phenoxy) is 1. The van der Waals surface area contributed by atoms with Gasteiger partial charge in [-0.25, -0.2) is 4.79 Å². The number of nitrogens with one attached hydrogen (secondary N) is 2. The van der Waals surface area contributed by atoms with Crippen LogP contribution < -0.4 is 10.6 Å². The van der Waals surface area contributed by atoms with E-state index in [1.54, 1.807) is 31.2 Å². The third-order valence-corrected chi connectivity index (χ3v) is 3.89. The van der Waals surface area contributed by atoms with E-state index in [4.69, 9.17) is 0 Å². The first-order valence-electron chi connectivity index (χ1n) is 8.59. The molecule has 7 heteroatoms. The summed E-state index contributed by atoms with van der Waals surface area (Å²) in [6.45, 7) is 8.86. The van der Waals surface area contributed by atoms with Gasteiger partial charge in [0.1, 0.15) is 0 Å². The van der Waals surface area contributed by atoms with Crippen LogP contribution in [-0.2, 0) is 14.3 Å². The number of likely N-dealkylation sites (N-methyl/N-ethyl adjacent to an activating group) is 1. The first-order chi connectivity index (χ1) is 12.4. The third-order valence-electron chi connectivity index (χ3n) is 3.89. The van der Waals surface area contributed by atoms with Gasteiger partial charge < -0.3 is 20.3 Å². The average Bonchev–Trinajstić information content (AvgIpc) is 2.65. The maximum absolute atomic E-state index is 12.1. The van der Waals surface area contributed by atoms with Crippen LogP contribution >= 0.6 is 0 Å². The molecule has 7 nitrogen and oxygen atoms in total. The van der Waals surface area contributed by atoms with Crippen LogP contribution in [0.5, 0.6) is 0 Å². The highest BCUT2D eigenvalue weighted by molar-refractivity contribution is 6.07. The molecule has 0 radical (unpaired) electrons. The number of methoxy groups -OCH3 is 1. The van der Waals surface area contributed by atoms with Crippen molar-refractivity contribution in [2.24, 2.45) is 0 Å². The van der Waals surface area contributed by atoms with E-state index in [0.29, 0.717) is 23.4 Å². The Morgan fingerprint density at radius 2 is 1.73 bits per heavy atom. The zero-order valence-corrected chi connectivity index (χ0v) is 15.8. The minimum Gasteiger partial charge on any atom is -0.465 e. The molecule has 0 aliphatic heterocycles. The van der Waals surface area contributed by atoms with Crippen molar-refractivity contribution >= 4 is 23.5 Å². The Labute approximate surface area is 154 Å². The molecule has 0 aliphatic rings. The van der Waals surface area contributed by atoms with Crippen LogP contribution in [-0.4, -0.2) is 56.0 Å². The molecule has 0 aliphatic carbocycles. The average molecular weight is 361 g/mol. The molecule has 0 spiro atoms. The van der Waals surface area contributed by atoms with Crippen molar-refractivity contribution in [1.29, 1.82) is 0 Å². The number of hydrogen-bond acceptors (Lipinski definition) is 5. The number of benzene rings is 1. The standard InChI is InChI=1S/C19H27N3O4/c1-5-22(6-2)12-11-20-17(23)13-14(3)18(24)21-16-9-7-15(8-10-16)19(25)26-4/h7-10,13H,5-6,11-12H2,1-4H3,(H,20,23)(H,21,24)/b14-13+. The Bertz CT molecular complexity index is 649. The van der Waals surface area contributed by atoms with Gasteiger partial charge in [-0.05, 0) is 44.3 Å². The molecule has 0 saturated carbocycles. The third kappa shape index (κ3) is 7.06. The van der Waals surface area contributed by atoms with Crippen molar-refractivity contribution in [3.8, 4) is 0 Å². The van der Waals surface area contributed by atoms with E-state index in [9.17, 15) is 14.4 Å². The molecule has 0 fully saturated rings. The van der Waals surface area contributed by atoms with Gasteiger partial charge in [-0.2, -0.15) is 0 Å². The molecule has 0 atom stereocenters. The number of carbonyl (C=O) groups is 3. The molecule has 1 aromatic rings. The Hall–Kier alpha value is -2.67. The SMILES string of the molecule is CCN(CC)CCNC(=O)/C=C(\C)C(=O)Nc1ccc(C(=O)OC)cc1. The Kier molecular flexibility index (Phi) is 9.08. The van der Waals surface area contributed by atoms with Crippen LogP contribution in [0.1, 0.15) is 31.1 Å². The van der Waals surface area contributed by atoms with Crippen molar-refractivity contribution in [1.82, 2.24) is 10.2 Å². The number of anilines is 1. The van der Waals surface area contributed by atoms with Gasteiger partial charge in [0, 0.05) is 30.4 Å². The van der Waals surface area contributed by atoms with Crippen LogP contribution in [0.2, 0.25) is 0 Å². The molecule has 0 bridgehead atoms. The van der Waals surface area contributed by atoms with Gasteiger partial charge in [-0.1, -0.05) is 13.8 Å². The molecule has 0 aromatic heterocycles. The Morgan fingerprint density at radius 3 is 2.27 bits per heavy atom. The number of hydrogen-bond donors (Lipinski definition) is 2. The molecule has 1 rings (SSSR count). The summed E-state index contributed by atoms with van der Waals surface area (Å²) in [7, 11) is 1.30. The summed E-state index contributed by atoms with van der Waals surface area (Å²) in [6, 6.07) is 6.31. The lowest BCUT2D eigenvalue weighted by molar-refractivity contribution is -0.117. The van der Waals surface area contributed by atoms with E-state index < -0.39 is 5.97 Å². The van der Waals surface area contributed by atoms with Crippen molar-refractivity contribution in [2.75, 3.05) is 38.6 Å². The summed E-state index contributed by atoms with van der Waals surface area (Å²) in [5.41, 5.74) is 1.21. The van der Waals surface area contributed by atoms with Crippen molar-refractivity contribution in [3.63, 3.8) is 0 Å². The number of esters is 1. The molecular weight excluding hydrogens is 334 g/mol. The molecule has 142 valence electrons. The Balaban J connectivity index is 2.53. The van der Waals surface area contributed by atoms with Crippen molar-refractivity contribution < 1.29 is 19.1 Å². The smallest absolute Gasteiger partial charge is 0.337 e. The minimum atomic E-state index is -0.444. The maximum atomic E-state index is 12.1. The van der Waals surface area contributed by atoms with E-state index >= 15 is 0 Å². The molecule has 0 unspecified atom stereocenters. The first-order valence-corrected chi connectivity index (χ1v) is 8.59. The lowest BCUT2D eigenvalue weighted by Gasteiger charge is -2.17. The van der Waals surface area contributed by atoms with E-state index in [1.807, 2.05) is 0 Å². The summed E-state index contributed by atoms with van der Waals surface area (Å²) in [4.78, 5) is 37.6. The topological polar surface area (TPSA) is 87.7 Å². The van der Waals surface area contributed by atoms with E-state index in [0.717, 1.165) is 19.6 Å². The van der Waals surface area contributed by atoms with Crippen LogP contribution in [0.4, 0.5) is 5.69 Å². The fourth-order valence-corrected chi connectivity index (χ4v) is 2.23. The highest BCUT2D eigenvalue weighted by Crippen LogP contribution is 2.11. The van der Waals surface area contributed by atoms with Gasteiger partial charge >= 0.3 is 5.97 Å². The summed E-state index contributed by atoms with van der Waals surface area (Å²) in [5.74, 6) is -1.12.